The summed E-state index contributed by atoms with van der Waals surface area (Å²) < 4.78 is 0. The Labute approximate surface area is 127 Å². The van der Waals surface area contributed by atoms with Crippen molar-refractivity contribution in [1.29, 1.82) is 0 Å². The van der Waals surface area contributed by atoms with E-state index < -0.39 is 0 Å². The summed E-state index contributed by atoms with van der Waals surface area (Å²) in [4.78, 5) is 16.8. The van der Waals surface area contributed by atoms with Gasteiger partial charge < -0.3 is 15.1 Å². The van der Waals surface area contributed by atoms with Crippen molar-refractivity contribution in [3.05, 3.63) is 29.8 Å². The highest BCUT2D eigenvalue weighted by atomic mass is 16.2. The molecule has 21 heavy (non-hydrogen) atoms. The summed E-state index contributed by atoms with van der Waals surface area (Å²) in [6.45, 7) is 3.94. The predicted octanol–water partition coefficient (Wildman–Crippen LogP) is 2.00. The summed E-state index contributed by atoms with van der Waals surface area (Å²) >= 11 is 0. The maximum atomic E-state index is 12.4. The summed E-state index contributed by atoms with van der Waals surface area (Å²) in [6.07, 6.45) is 4.62. The first-order valence-electron chi connectivity index (χ1n) is 8.07. The average Bonchev–Trinajstić information content (AvgIpc) is 3.20. The van der Waals surface area contributed by atoms with Gasteiger partial charge in [0.1, 0.15) is 0 Å². The molecule has 0 spiro atoms. The smallest absolute Gasteiger partial charge is 0.239 e. The summed E-state index contributed by atoms with van der Waals surface area (Å²) in [5.41, 5.74) is 2.56. The van der Waals surface area contributed by atoms with Gasteiger partial charge in [0.2, 0.25) is 5.91 Å². The Morgan fingerprint density at radius 3 is 2.76 bits per heavy atom. The molecule has 2 heterocycles. The summed E-state index contributed by atoms with van der Waals surface area (Å²) in [5, 5.41) is 3.29. The Balaban J connectivity index is 1.70. The molecule has 0 aliphatic carbocycles. The van der Waals surface area contributed by atoms with E-state index in [-0.39, 0.29) is 11.9 Å². The number of likely N-dealkylation sites (N-methyl/N-ethyl adjacent to an activating group) is 1. The lowest BCUT2D eigenvalue weighted by atomic mass is 10.1. The topological polar surface area (TPSA) is 35.6 Å². The van der Waals surface area contributed by atoms with E-state index in [9.17, 15) is 4.79 Å². The molecule has 0 radical (unpaired) electrons. The van der Waals surface area contributed by atoms with Gasteiger partial charge in [-0.25, -0.2) is 0 Å². The van der Waals surface area contributed by atoms with E-state index in [1.807, 2.05) is 11.9 Å². The van der Waals surface area contributed by atoms with Gasteiger partial charge in [-0.1, -0.05) is 18.2 Å². The number of anilines is 1. The van der Waals surface area contributed by atoms with Gasteiger partial charge >= 0.3 is 0 Å². The number of hydrogen-bond acceptors (Lipinski definition) is 3. The monoisotopic (exact) mass is 287 g/mol. The van der Waals surface area contributed by atoms with Crippen LogP contribution in [0.4, 0.5) is 5.69 Å². The first-order valence-corrected chi connectivity index (χ1v) is 8.07. The van der Waals surface area contributed by atoms with Crippen molar-refractivity contribution in [1.82, 2.24) is 10.2 Å². The van der Waals surface area contributed by atoms with Crippen LogP contribution in [0.5, 0.6) is 0 Å². The van der Waals surface area contributed by atoms with Crippen molar-refractivity contribution >= 4 is 11.6 Å². The second kappa shape index (κ2) is 6.48. The van der Waals surface area contributed by atoms with Crippen LogP contribution in [0.25, 0.3) is 0 Å². The Morgan fingerprint density at radius 2 is 2.05 bits per heavy atom. The number of nitrogens with one attached hydrogen (secondary N) is 1. The van der Waals surface area contributed by atoms with Crippen LogP contribution in [0.3, 0.4) is 0 Å². The summed E-state index contributed by atoms with van der Waals surface area (Å²) in [6, 6.07) is 8.53. The summed E-state index contributed by atoms with van der Waals surface area (Å²) in [5.74, 6) is 0.226. The van der Waals surface area contributed by atoms with Crippen molar-refractivity contribution in [3.8, 4) is 0 Å². The van der Waals surface area contributed by atoms with Gasteiger partial charge in [0.05, 0.1) is 6.04 Å². The van der Waals surface area contributed by atoms with E-state index in [0.717, 1.165) is 32.5 Å². The molecule has 1 N–H and O–H groups in total. The maximum absolute atomic E-state index is 12.4. The number of carbonyl (C=O) groups is 1. The van der Waals surface area contributed by atoms with Crippen LogP contribution in [-0.2, 0) is 11.3 Å². The first-order chi connectivity index (χ1) is 10.3. The van der Waals surface area contributed by atoms with Gasteiger partial charge in [-0.15, -0.1) is 0 Å². The zero-order valence-corrected chi connectivity index (χ0v) is 12.8. The van der Waals surface area contributed by atoms with Crippen molar-refractivity contribution < 1.29 is 4.79 Å². The zero-order chi connectivity index (χ0) is 14.7. The lowest BCUT2D eigenvalue weighted by Gasteiger charge is -2.26. The quantitative estimate of drug-likeness (QED) is 0.920. The van der Waals surface area contributed by atoms with E-state index in [0.29, 0.717) is 6.54 Å². The zero-order valence-electron chi connectivity index (χ0n) is 12.8. The fraction of sp³-hybridized carbons (Fsp3) is 0.588. The van der Waals surface area contributed by atoms with Crippen molar-refractivity contribution in [3.63, 3.8) is 0 Å². The number of benzene rings is 1. The van der Waals surface area contributed by atoms with E-state index in [2.05, 4.69) is 34.5 Å². The normalized spacial score (nSPS) is 21.8. The molecular formula is C17H25N3O. The minimum Gasteiger partial charge on any atom is -0.371 e. The Bertz CT molecular complexity index is 491. The average molecular weight is 287 g/mol. The molecule has 0 saturated carbocycles. The molecule has 0 bridgehead atoms. The molecular weight excluding hydrogens is 262 g/mol. The van der Waals surface area contributed by atoms with Crippen LogP contribution in [0.15, 0.2) is 24.3 Å². The predicted molar refractivity (Wildman–Crippen MR) is 85.4 cm³/mol. The van der Waals surface area contributed by atoms with E-state index >= 15 is 0 Å². The van der Waals surface area contributed by atoms with Crippen LogP contribution in [0.1, 0.15) is 31.2 Å². The van der Waals surface area contributed by atoms with Crippen LogP contribution in [0, 0.1) is 0 Å². The molecule has 114 valence electrons. The van der Waals surface area contributed by atoms with Gasteiger partial charge in [-0.2, -0.15) is 0 Å². The highest BCUT2D eigenvalue weighted by Gasteiger charge is 2.25. The number of amides is 1. The molecule has 2 saturated heterocycles. The van der Waals surface area contributed by atoms with Crippen molar-refractivity contribution in [2.24, 2.45) is 0 Å². The second-order valence-electron chi connectivity index (χ2n) is 6.17. The van der Waals surface area contributed by atoms with Crippen LogP contribution < -0.4 is 10.2 Å². The molecule has 1 amide bonds. The van der Waals surface area contributed by atoms with Crippen molar-refractivity contribution in [2.45, 2.75) is 38.3 Å². The molecule has 4 heteroatoms. The third kappa shape index (κ3) is 3.21. The Morgan fingerprint density at radius 1 is 1.29 bits per heavy atom. The van der Waals surface area contributed by atoms with Gasteiger partial charge in [0.15, 0.2) is 0 Å². The SMILES string of the molecule is CN(Cc1ccccc1N1CCCC1)C(=O)[C@@H]1CCCN1. The largest absolute Gasteiger partial charge is 0.371 e. The minimum atomic E-state index is 0.0222. The number of para-hydroxylation sites is 1. The van der Waals surface area contributed by atoms with Crippen molar-refractivity contribution in [2.75, 3.05) is 31.6 Å². The number of hydrogen-bond donors (Lipinski definition) is 1. The van der Waals surface area contributed by atoms with Gasteiger partial charge in [0, 0.05) is 32.4 Å². The molecule has 1 atom stereocenters. The molecule has 3 rings (SSSR count). The molecule has 0 unspecified atom stereocenters. The van der Waals surface area contributed by atoms with Crippen LogP contribution in [0.2, 0.25) is 0 Å². The highest BCUT2D eigenvalue weighted by molar-refractivity contribution is 5.82. The van der Waals surface area contributed by atoms with Gasteiger partial charge in [-0.05, 0) is 43.9 Å². The second-order valence-corrected chi connectivity index (χ2v) is 6.17. The fourth-order valence-electron chi connectivity index (χ4n) is 3.41. The van der Waals surface area contributed by atoms with Gasteiger partial charge in [-0.3, -0.25) is 4.79 Å². The molecule has 2 aliphatic heterocycles. The highest BCUT2D eigenvalue weighted by Crippen LogP contribution is 2.25. The molecule has 1 aromatic carbocycles. The van der Waals surface area contributed by atoms with Crippen LogP contribution in [-0.4, -0.2) is 43.5 Å². The first kappa shape index (κ1) is 14.4. The number of rotatable bonds is 4. The standard InChI is InChI=1S/C17H25N3O/c1-19(17(21)15-8-6-10-18-15)13-14-7-2-3-9-16(14)20-11-4-5-12-20/h2-3,7,9,15,18H,4-6,8,10-13H2,1H3/t15-/m0/s1. The fourth-order valence-corrected chi connectivity index (χ4v) is 3.41. The van der Waals surface area contributed by atoms with E-state index in [4.69, 9.17) is 0 Å². The van der Waals surface area contributed by atoms with E-state index in [1.54, 1.807) is 0 Å². The lowest BCUT2D eigenvalue weighted by Crippen LogP contribution is -2.41. The molecule has 2 aliphatic rings. The number of carbonyl (C=O) groups excluding carboxylic acids is 1. The minimum absolute atomic E-state index is 0.0222. The Hall–Kier alpha value is -1.55. The molecule has 1 aromatic rings. The van der Waals surface area contributed by atoms with E-state index in [1.165, 1.54) is 24.1 Å². The van der Waals surface area contributed by atoms with Crippen LogP contribution >= 0.6 is 0 Å². The third-order valence-corrected chi connectivity index (χ3v) is 4.58. The van der Waals surface area contributed by atoms with Gasteiger partial charge in [0.25, 0.3) is 0 Å². The molecule has 0 aromatic heterocycles. The maximum Gasteiger partial charge on any atom is 0.239 e. The Kier molecular flexibility index (Phi) is 4.44. The summed E-state index contributed by atoms with van der Waals surface area (Å²) in [7, 11) is 1.92. The lowest BCUT2D eigenvalue weighted by molar-refractivity contribution is -0.132. The molecule has 2 fully saturated rings. The molecule has 4 nitrogen and oxygen atoms in total. The number of nitrogens with zero attached hydrogens (tertiary/aromatic N) is 2. The third-order valence-electron chi connectivity index (χ3n) is 4.58.